The first-order chi connectivity index (χ1) is 15.9. The van der Waals surface area contributed by atoms with Crippen molar-refractivity contribution < 1.29 is 4.79 Å². The predicted octanol–water partition coefficient (Wildman–Crippen LogP) is 8.63. The Morgan fingerprint density at radius 1 is 0.818 bits per heavy atom. The Labute approximate surface area is 204 Å². The summed E-state index contributed by atoms with van der Waals surface area (Å²) in [7, 11) is -1.32. The lowest BCUT2D eigenvalue weighted by molar-refractivity contribution is -0.121. The second-order valence-corrected chi connectivity index (χ2v) is 15.9. The zero-order valence-corrected chi connectivity index (χ0v) is 22.7. The van der Waals surface area contributed by atoms with Gasteiger partial charge in [0, 0.05) is 14.5 Å². The van der Waals surface area contributed by atoms with Gasteiger partial charge in [0.05, 0.1) is 6.04 Å². The average Bonchev–Trinajstić information content (AvgIpc) is 2.81. The van der Waals surface area contributed by atoms with Crippen molar-refractivity contribution in [3.63, 3.8) is 0 Å². The molecule has 1 atom stereocenters. The second-order valence-electron chi connectivity index (χ2n) is 10.6. The Balaban J connectivity index is 1.80. The molecule has 0 saturated carbocycles. The number of hydrogen-bond acceptors (Lipinski definition) is 1. The van der Waals surface area contributed by atoms with Gasteiger partial charge in [0.2, 0.25) is 5.91 Å². The summed E-state index contributed by atoms with van der Waals surface area (Å²) >= 11 is 0. The molecule has 0 aliphatic carbocycles. The molecule has 2 aromatic rings. The molecule has 0 fully saturated rings. The highest BCUT2D eigenvalue weighted by Gasteiger charge is 2.23. The van der Waals surface area contributed by atoms with Gasteiger partial charge in [-0.05, 0) is 36.1 Å². The van der Waals surface area contributed by atoms with Crippen molar-refractivity contribution in [2.45, 2.75) is 109 Å². The van der Waals surface area contributed by atoms with E-state index in [9.17, 15) is 4.79 Å². The highest BCUT2D eigenvalue weighted by molar-refractivity contribution is 6.77. The molecule has 0 aromatic heterocycles. The van der Waals surface area contributed by atoms with Gasteiger partial charge in [0.1, 0.15) is 0 Å². The fourth-order valence-corrected chi connectivity index (χ4v) is 6.94. The highest BCUT2D eigenvalue weighted by atomic mass is 28.3. The molecule has 0 radical (unpaired) electrons. The zero-order valence-electron chi connectivity index (χ0n) is 21.7. The number of unbranched alkanes of at least 4 members (excludes halogenated alkanes) is 7. The van der Waals surface area contributed by atoms with Crippen LogP contribution in [-0.2, 0) is 11.2 Å². The third kappa shape index (κ3) is 11.2. The number of carbonyl (C=O) groups is 1. The molecule has 3 heteroatoms. The Morgan fingerprint density at radius 3 is 2.09 bits per heavy atom. The molecule has 2 aromatic carbocycles. The molecule has 33 heavy (non-hydrogen) atoms. The topological polar surface area (TPSA) is 29.1 Å². The van der Waals surface area contributed by atoms with Crippen molar-refractivity contribution in [2.24, 2.45) is 0 Å². The summed E-state index contributed by atoms with van der Waals surface area (Å²) in [5, 5.41) is 3.37. The van der Waals surface area contributed by atoms with Crippen molar-refractivity contribution in [3.8, 4) is 0 Å². The third-order valence-corrected chi connectivity index (χ3v) is 10.3. The SMILES string of the molecule is CCCCCCCCCC[Si](C)(C)CCC(=O)NC(Cc1ccccc1C)c1ccccc1. The van der Waals surface area contributed by atoms with E-state index in [1.54, 1.807) is 0 Å². The number of benzene rings is 2. The van der Waals surface area contributed by atoms with E-state index < -0.39 is 8.07 Å². The van der Waals surface area contributed by atoms with Gasteiger partial charge in [0.15, 0.2) is 0 Å². The van der Waals surface area contributed by atoms with E-state index in [0.29, 0.717) is 6.42 Å². The van der Waals surface area contributed by atoms with Crippen LogP contribution in [0.2, 0.25) is 25.2 Å². The first-order valence-electron chi connectivity index (χ1n) is 13.3. The van der Waals surface area contributed by atoms with Crippen molar-refractivity contribution in [1.29, 1.82) is 0 Å². The Morgan fingerprint density at radius 2 is 1.42 bits per heavy atom. The lowest BCUT2D eigenvalue weighted by Gasteiger charge is -2.24. The van der Waals surface area contributed by atoms with Crippen LogP contribution >= 0.6 is 0 Å². The number of carbonyl (C=O) groups excluding carboxylic acids is 1. The average molecular weight is 466 g/mol. The second kappa shape index (κ2) is 15.1. The standard InChI is InChI=1S/C30H47NOSi/c1-5-6-7-8-9-10-11-17-23-33(3,4)24-22-30(32)31-29(27-19-13-12-14-20-27)25-28-21-16-15-18-26(28)2/h12-16,18-21,29H,5-11,17,22-25H2,1-4H3,(H,31,32). The van der Waals surface area contributed by atoms with E-state index in [0.717, 1.165) is 12.5 Å². The van der Waals surface area contributed by atoms with Crippen LogP contribution in [0.1, 0.15) is 87.4 Å². The molecule has 0 heterocycles. The van der Waals surface area contributed by atoms with Crippen LogP contribution in [0.4, 0.5) is 0 Å². The normalized spacial score (nSPS) is 12.5. The van der Waals surface area contributed by atoms with Gasteiger partial charge in [-0.2, -0.15) is 0 Å². The Hall–Kier alpha value is -1.87. The summed E-state index contributed by atoms with van der Waals surface area (Å²) in [6.07, 6.45) is 12.5. The van der Waals surface area contributed by atoms with Crippen LogP contribution in [0, 0.1) is 6.92 Å². The van der Waals surface area contributed by atoms with E-state index in [1.807, 2.05) is 6.07 Å². The van der Waals surface area contributed by atoms with Crippen molar-refractivity contribution >= 4 is 14.0 Å². The summed E-state index contributed by atoms with van der Waals surface area (Å²) in [5.74, 6) is 0.203. The summed E-state index contributed by atoms with van der Waals surface area (Å²) in [6, 6.07) is 21.4. The molecule has 1 amide bonds. The zero-order chi connectivity index (χ0) is 23.9. The fourth-order valence-electron chi connectivity index (χ4n) is 4.58. The smallest absolute Gasteiger partial charge is 0.220 e. The molecule has 182 valence electrons. The van der Waals surface area contributed by atoms with E-state index in [-0.39, 0.29) is 11.9 Å². The number of nitrogens with one attached hydrogen (secondary N) is 1. The molecule has 0 saturated heterocycles. The minimum Gasteiger partial charge on any atom is -0.349 e. The van der Waals surface area contributed by atoms with Gasteiger partial charge in [-0.3, -0.25) is 4.79 Å². The van der Waals surface area contributed by atoms with Crippen molar-refractivity contribution in [1.82, 2.24) is 5.32 Å². The minimum atomic E-state index is -1.32. The third-order valence-electron chi connectivity index (χ3n) is 6.96. The maximum absolute atomic E-state index is 13.0. The monoisotopic (exact) mass is 465 g/mol. The van der Waals surface area contributed by atoms with Crippen molar-refractivity contribution in [2.75, 3.05) is 0 Å². The number of amides is 1. The van der Waals surface area contributed by atoms with E-state index in [4.69, 9.17) is 0 Å². The first kappa shape index (κ1) is 27.4. The summed E-state index contributed by atoms with van der Waals surface area (Å²) in [4.78, 5) is 13.0. The Bertz CT molecular complexity index is 802. The Kier molecular flexibility index (Phi) is 12.5. The molecule has 0 spiro atoms. The molecule has 1 unspecified atom stereocenters. The molecular weight excluding hydrogens is 418 g/mol. The lowest BCUT2D eigenvalue weighted by Crippen LogP contribution is -2.33. The maximum atomic E-state index is 13.0. The van der Waals surface area contributed by atoms with Crippen LogP contribution in [0.3, 0.4) is 0 Å². The van der Waals surface area contributed by atoms with Crippen LogP contribution in [0.5, 0.6) is 0 Å². The van der Waals surface area contributed by atoms with Gasteiger partial charge in [0.25, 0.3) is 0 Å². The van der Waals surface area contributed by atoms with Gasteiger partial charge >= 0.3 is 0 Å². The van der Waals surface area contributed by atoms with Crippen LogP contribution in [0.15, 0.2) is 54.6 Å². The van der Waals surface area contributed by atoms with Crippen LogP contribution in [-0.4, -0.2) is 14.0 Å². The van der Waals surface area contributed by atoms with Crippen LogP contribution in [0.25, 0.3) is 0 Å². The van der Waals surface area contributed by atoms with Crippen LogP contribution < -0.4 is 5.32 Å². The van der Waals surface area contributed by atoms with E-state index in [1.165, 1.54) is 74.1 Å². The van der Waals surface area contributed by atoms with E-state index >= 15 is 0 Å². The quantitative estimate of drug-likeness (QED) is 0.195. The van der Waals surface area contributed by atoms with Crippen molar-refractivity contribution in [3.05, 3.63) is 71.3 Å². The summed E-state index contributed by atoms with van der Waals surface area (Å²) in [5.41, 5.74) is 3.77. The molecular formula is C30H47NOSi. The molecule has 0 bridgehead atoms. The van der Waals surface area contributed by atoms with Gasteiger partial charge < -0.3 is 5.32 Å². The number of rotatable bonds is 16. The van der Waals surface area contributed by atoms with Gasteiger partial charge in [-0.25, -0.2) is 0 Å². The first-order valence-corrected chi connectivity index (χ1v) is 16.7. The highest BCUT2D eigenvalue weighted by Crippen LogP contribution is 2.24. The van der Waals surface area contributed by atoms with Gasteiger partial charge in [-0.1, -0.05) is 132 Å². The lowest BCUT2D eigenvalue weighted by atomic mass is 9.96. The number of aryl methyl sites for hydroxylation is 1. The summed E-state index contributed by atoms with van der Waals surface area (Å²) in [6.45, 7) is 9.35. The minimum absolute atomic E-state index is 0.0253. The fraction of sp³-hybridized carbons (Fsp3) is 0.567. The molecule has 0 aliphatic rings. The number of hydrogen-bond donors (Lipinski definition) is 1. The molecule has 2 rings (SSSR count). The van der Waals surface area contributed by atoms with Gasteiger partial charge in [-0.15, -0.1) is 0 Å². The molecule has 0 aliphatic heterocycles. The largest absolute Gasteiger partial charge is 0.349 e. The molecule has 2 nitrogen and oxygen atoms in total. The summed E-state index contributed by atoms with van der Waals surface area (Å²) < 4.78 is 0. The maximum Gasteiger partial charge on any atom is 0.220 e. The molecule has 1 N–H and O–H groups in total. The van der Waals surface area contributed by atoms with E-state index in [2.05, 4.69) is 80.8 Å². The predicted molar refractivity (Wildman–Crippen MR) is 147 cm³/mol.